The molecule has 0 saturated heterocycles. The van der Waals surface area contributed by atoms with Crippen molar-refractivity contribution in [2.75, 3.05) is 11.9 Å². The number of thiazole rings is 1. The Morgan fingerprint density at radius 3 is 2.17 bits per heavy atom. The fourth-order valence-electron chi connectivity index (χ4n) is 2.88. The van der Waals surface area contributed by atoms with Crippen LogP contribution in [-0.4, -0.2) is 22.8 Å². The van der Waals surface area contributed by atoms with Crippen LogP contribution in [0.4, 0.5) is 18.9 Å². The van der Waals surface area contributed by atoms with E-state index < -0.39 is 12.7 Å². The van der Waals surface area contributed by atoms with Gasteiger partial charge in [-0.25, -0.2) is 4.98 Å². The van der Waals surface area contributed by atoms with Crippen LogP contribution in [0.25, 0.3) is 32.9 Å². The minimum absolute atomic E-state index is 0.224. The van der Waals surface area contributed by atoms with Gasteiger partial charge in [0.1, 0.15) is 17.3 Å². The molecule has 0 atom stereocenters. The maximum Gasteiger partial charge on any atom is 0.405 e. The molecule has 3 nitrogen and oxygen atoms in total. The molecule has 3 aromatic carbocycles. The number of phenols is 1. The normalized spacial score (nSPS) is 12.0. The van der Waals surface area contributed by atoms with Crippen LogP contribution in [0.5, 0.6) is 5.75 Å². The third-order valence-corrected chi connectivity index (χ3v) is 5.47. The number of aromatic hydroxyl groups is 1. The highest BCUT2D eigenvalue weighted by molar-refractivity contribution is 7.21. The number of hydrogen-bond acceptors (Lipinski definition) is 4. The van der Waals surface area contributed by atoms with Crippen molar-refractivity contribution in [1.29, 1.82) is 0 Å². The quantitative estimate of drug-likeness (QED) is 0.345. The van der Waals surface area contributed by atoms with E-state index in [9.17, 15) is 18.3 Å². The summed E-state index contributed by atoms with van der Waals surface area (Å²) in [6.07, 6.45) is -0.390. The lowest BCUT2D eigenvalue weighted by molar-refractivity contribution is -0.115. The molecule has 0 unspecified atom stereocenters. The molecule has 0 aliphatic heterocycles. The molecule has 0 amide bonds. The molecule has 0 saturated carbocycles. The minimum atomic E-state index is -4.24. The number of rotatable bonds is 5. The van der Waals surface area contributed by atoms with Gasteiger partial charge in [0.15, 0.2) is 0 Å². The molecule has 0 spiro atoms. The van der Waals surface area contributed by atoms with Crippen LogP contribution in [0.3, 0.4) is 0 Å². The summed E-state index contributed by atoms with van der Waals surface area (Å²) in [6, 6.07) is 19.8. The van der Waals surface area contributed by atoms with Crippen LogP contribution in [0.1, 0.15) is 11.1 Å². The Kier molecular flexibility index (Phi) is 5.46. The average Bonchev–Trinajstić information content (AvgIpc) is 3.14. The molecule has 0 fully saturated rings. The fourth-order valence-corrected chi connectivity index (χ4v) is 3.88. The molecule has 1 aromatic heterocycles. The van der Waals surface area contributed by atoms with E-state index in [-0.39, 0.29) is 5.75 Å². The van der Waals surface area contributed by atoms with E-state index in [1.54, 1.807) is 42.5 Å². The Balaban J connectivity index is 1.43. The maximum atomic E-state index is 12.2. The third-order valence-electron chi connectivity index (χ3n) is 4.40. The Morgan fingerprint density at radius 2 is 1.53 bits per heavy atom. The van der Waals surface area contributed by atoms with Crippen LogP contribution in [0, 0.1) is 0 Å². The first kappa shape index (κ1) is 20.0. The van der Waals surface area contributed by atoms with E-state index >= 15 is 0 Å². The van der Waals surface area contributed by atoms with E-state index in [2.05, 4.69) is 10.3 Å². The summed E-state index contributed by atoms with van der Waals surface area (Å²) < 4.78 is 37.7. The van der Waals surface area contributed by atoms with Gasteiger partial charge in [-0.2, -0.15) is 13.2 Å². The number of phenolic OH excluding ortho intramolecular Hbond substituents is 1. The standard InChI is InChI=1S/C23H17F3N2OS/c24-23(25,26)14-27-18-9-5-16(6-10-18)2-1-15-3-7-17(8-4-15)22-28-20-12-11-19(29)13-21(20)30-22/h1-13,27,29H,14H2/b2-1+. The Hall–Kier alpha value is -3.32. The van der Waals surface area contributed by atoms with Gasteiger partial charge in [0.25, 0.3) is 0 Å². The summed E-state index contributed by atoms with van der Waals surface area (Å²) in [4.78, 5) is 4.60. The molecule has 0 radical (unpaired) electrons. The van der Waals surface area contributed by atoms with E-state index in [0.717, 1.165) is 31.9 Å². The first-order chi connectivity index (χ1) is 14.4. The highest BCUT2D eigenvalue weighted by Gasteiger charge is 2.26. The lowest BCUT2D eigenvalue weighted by atomic mass is 10.1. The Morgan fingerprint density at radius 1 is 0.900 bits per heavy atom. The molecular weight excluding hydrogens is 409 g/mol. The lowest BCUT2D eigenvalue weighted by Crippen LogP contribution is -2.21. The topological polar surface area (TPSA) is 45.2 Å². The van der Waals surface area contributed by atoms with Crippen molar-refractivity contribution in [3.05, 3.63) is 77.9 Å². The number of fused-ring (bicyclic) bond motifs is 1. The number of nitrogens with one attached hydrogen (secondary N) is 1. The molecule has 2 N–H and O–H groups in total. The zero-order valence-electron chi connectivity index (χ0n) is 15.6. The highest BCUT2D eigenvalue weighted by Crippen LogP contribution is 2.32. The number of anilines is 1. The second-order valence-electron chi connectivity index (χ2n) is 6.72. The van der Waals surface area contributed by atoms with Crippen LogP contribution < -0.4 is 5.32 Å². The highest BCUT2D eigenvalue weighted by atomic mass is 32.1. The summed E-state index contributed by atoms with van der Waals surface area (Å²) in [5, 5.41) is 12.8. The number of hydrogen-bond donors (Lipinski definition) is 2. The number of aromatic nitrogens is 1. The van der Waals surface area contributed by atoms with Crippen LogP contribution in [0.15, 0.2) is 66.7 Å². The third kappa shape index (κ3) is 4.99. The molecular formula is C23H17F3N2OS. The molecule has 1 heterocycles. The van der Waals surface area contributed by atoms with Crippen LogP contribution in [-0.2, 0) is 0 Å². The first-order valence-electron chi connectivity index (χ1n) is 9.14. The van der Waals surface area contributed by atoms with E-state index in [4.69, 9.17) is 0 Å². The van der Waals surface area contributed by atoms with Crippen molar-refractivity contribution in [3.63, 3.8) is 0 Å². The van der Waals surface area contributed by atoms with Gasteiger partial charge >= 0.3 is 6.18 Å². The van der Waals surface area contributed by atoms with Gasteiger partial charge in [-0.15, -0.1) is 11.3 Å². The number of nitrogens with zero attached hydrogens (tertiary/aromatic N) is 1. The molecule has 0 bridgehead atoms. The number of halogens is 3. The Labute approximate surface area is 175 Å². The lowest BCUT2D eigenvalue weighted by Gasteiger charge is -2.09. The van der Waals surface area contributed by atoms with Crippen molar-refractivity contribution in [2.24, 2.45) is 0 Å². The van der Waals surface area contributed by atoms with Crippen molar-refractivity contribution in [1.82, 2.24) is 4.98 Å². The average molecular weight is 426 g/mol. The summed E-state index contributed by atoms with van der Waals surface area (Å²) in [7, 11) is 0. The molecule has 4 aromatic rings. The van der Waals surface area contributed by atoms with Crippen LogP contribution in [0.2, 0.25) is 0 Å². The SMILES string of the molecule is Oc1ccc2nc(-c3ccc(/C=C/c4ccc(NCC(F)(F)F)cc4)cc3)sc2c1. The molecule has 30 heavy (non-hydrogen) atoms. The zero-order chi connectivity index (χ0) is 21.1. The molecule has 152 valence electrons. The van der Waals surface area contributed by atoms with Gasteiger partial charge in [0.05, 0.1) is 10.2 Å². The minimum Gasteiger partial charge on any atom is -0.508 e. The van der Waals surface area contributed by atoms with Gasteiger partial charge in [-0.05, 0) is 41.5 Å². The zero-order valence-corrected chi connectivity index (χ0v) is 16.5. The predicted molar refractivity (Wildman–Crippen MR) is 117 cm³/mol. The van der Waals surface area contributed by atoms with Gasteiger partial charge < -0.3 is 10.4 Å². The van der Waals surface area contributed by atoms with Gasteiger partial charge in [0.2, 0.25) is 0 Å². The van der Waals surface area contributed by atoms with Crippen LogP contribution >= 0.6 is 11.3 Å². The first-order valence-corrected chi connectivity index (χ1v) is 9.96. The van der Waals surface area contributed by atoms with Crippen molar-refractivity contribution in [2.45, 2.75) is 6.18 Å². The van der Waals surface area contributed by atoms with E-state index in [1.165, 1.54) is 11.3 Å². The fraction of sp³-hybridized carbons (Fsp3) is 0.0870. The monoisotopic (exact) mass is 426 g/mol. The predicted octanol–water partition coefficient (Wildman–Crippen LogP) is 6.81. The van der Waals surface area contributed by atoms with Crippen molar-refractivity contribution < 1.29 is 18.3 Å². The summed E-state index contributed by atoms with van der Waals surface area (Å²) in [5.74, 6) is 0.224. The summed E-state index contributed by atoms with van der Waals surface area (Å²) in [6.45, 7) is -1.05. The Bertz CT molecular complexity index is 1180. The molecule has 4 rings (SSSR count). The molecule has 7 heteroatoms. The van der Waals surface area contributed by atoms with E-state index in [0.29, 0.717) is 5.69 Å². The largest absolute Gasteiger partial charge is 0.508 e. The second-order valence-corrected chi connectivity index (χ2v) is 7.75. The number of alkyl halides is 3. The van der Waals surface area contributed by atoms with Crippen molar-refractivity contribution in [3.8, 4) is 16.3 Å². The molecule has 0 aliphatic carbocycles. The number of benzene rings is 3. The van der Waals surface area contributed by atoms with Crippen molar-refractivity contribution >= 4 is 39.4 Å². The maximum absolute atomic E-state index is 12.2. The smallest absolute Gasteiger partial charge is 0.405 e. The second kappa shape index (κ2) is 8.20. The summed E-state index contributed by atoms with van der Waals surface area (Å²) >= 11 is 1.52. The van der Waals surface area contributed by atoms with Gasteiger partial charge in [-0.1, -0.05) is 48.6 Å². The molecule has 0 aliphatic rings. The van der Waals surface area contributed by atoms with Gasteiger partial charge in [-0.3, -0.25) is 0 Å². The van der Waals surface area contributed by atoms with E-state index in [1.807, 2.05) is 36.4 Å². The summed E-state index contributed by atoms with van der Waals surface area (Å²) in [5.41, 5.74) is 4.16. The van der Waals surface area contributed by atoms with Gasteiger partial charge in [0, 0.05) is 11.3 Å².